The molecule has 0 aliphatic rings. The Labute approximate surface area is 167 Å². The lowest BCUT2D eigenvalue weighted by atomic mass is 10.2. The van der Waals surface area contributed by atoms with Crippen molar-refractivity contribution < 1.29 is 9.53 Å². The van der Waals surface area contributed by atoms with Crippen LogP contribution in [0, 0.1) is 0 Å². The molecule has 29 heavy (non-hydrogen) atoms. The van der Waals surface area contributed by atoms with Gasteiger partial charge in [0.15, 0.2) is 0 Å². The Morgan fingerprint density at radius 3 is 2.34 bits per heavy atom. The second kappa shape index (κ2) is 7.98. The highest BCUT2D eigenvalue weighted by atomic mass is 16.5. The molecule has 6 nitrogen and oxygen atoms in total. The normalized spacial score (nSPS) is 10.7. The maximum atomic E-state index is 12.7. The summed E-state index contributed by atoms with van der Waals surface area (Å²) in [6.45, 7) is -0.0879. The molecule has 1 aromatic heterocycles. The summed E-state index contributed by atoms with van der Waals surface area (Å²) in [7, 11) is 1.68. The fourth-order valence-electron chi connectivity index (χ4n) is 2.98. The van der Waals surface area contributed by atoms with Crippen LogP contribution < -0.4 is 15.2 Å². The average molecular weight is 385 g/mol. The van der Waals surface area contributed by atoms with Crippen LogP contribution in [0.25, 0.3) is 10.9 Å². The number of nitrogens with zero attached hydrogens (tertiary/aromatic N) is 3. The summed E-state index contributed by atoms with van der Waals surface area (Å²) in [6.07, 6.45) is 1.41. The zero-order chi connectivity index (χ0) is 20.2. The summed E-state index contributed by atoms with van der Waals surface area (Å²) in [5.74, 6) is 1.20. The van der Waals surface area contributed by atoms with Gasteiger partial charge < -0.3 is 9.64 Å². The van der Waals surface area contributed by atoms with E-state index >= 15 is 0 Å². The van der Waals surface area contributed by atoms with Gasteiger partial charge in [0.2, 0.25) is 5.91 Å². The Morgan fingerprint density at radius 1 is 0.931 bits per heavy atom. The average Bonchev–Trinajstić information content (AvgIpc) is 2.76. The third kappa shape index (κ3) is 4.01. The Balaban J connectivity index is 1.48. The number of fused-ring (bicyclic) bond motifs is 1. The molecule has 1 heterocycles. The molecule has 3 aromatic carbocycles. The molecule has 0 unspecified atom stereocenters. The van der Waals surface area contributed by atoms with Gasteiger partial charge in [-0.05, 0) is 48.5 Å². The van der Waals surface area contributed by atoms with E-state index in [-0.39, 0.29) is 18.0 Å². The van der Waals surface area contributed by atoms with Gasteiger partial charge in [0.05, 0.1) is 17.2 Å². The van der Waals surface area contributed by atoms with Gasteiger partial charge in [-0.25, -0.2) is 4.98 Å². The zero-order valence-electron chi connectivity index (χ0n) is 15.9. The molecule has 6 heteroatoms. The predicted molar refractivity (Wildman–Crippen MR) is 112 cm³/mol. The van der Waals surface area contributed by atoms with Crippen LogP contribution in [-0.4, -0.2) is 22.5 Å². The molecule has 1 amide bonds. The van der Waals surface area contributed by atoms with Crippen LogP contribution in [0.5, 0.6) is 11.5 Å². The minimum Gasteiger partial charge on any atom is -0.457 e. The number of anilines is 1. The number of likely N-dealkylation sites (N-methyl/N-ethyl adjacent to an activating group) is 1. The molecule has 144 valence electrons. The number of aromatic nitrogens is 2. The molecule has 0 radical (unpaired) electrons. The number of hydrogen-bond donors (Lipinski definition) is 0. The van der Waals surface area contributed by atoms with Gasteiger partial charge in [-0.3, -0.25) is 14.2 Å². The van der Waals surface area contributed by atoms with Crippen molar-refractivity contribution in [1.29, 1.82) is 0 Å². The lowest BCUT2D eigenvalue weighted by Gasteiger charge is -2.18. The molecule has 4 aromatic rings. The van der Waals surface area contributed by atoms with Crippen molar-refractivity contribution in [3.05, 3.63) is 95.5 Å². The monoisotopic (exact) mass is 385 g/mol. The summed E-state index contributed by atoms with van der Waals surface area (Å²) in [5.41, 5.74) is 1.09. The molecule has 0 spiro atoms. The van der Waals surface area contributed by atoms with Crippen LogP contribution in [0.4, 0.5) is 5.69 Å². The van der Waals surface area contributed by atoms with E-state index in [1.165, 1.54) is 15.8 Å². The molecule has 0 aliphatic heterocycles. The lowest BCUT2D eigenvalue weighted by molar-refractivity contribution is -0.118. The summed E-state index contributed by atoms with van der Waals surface area (Å²) in [6, 6.07) is 23.8. The van der Waals surface area contributed by atoms with Crippen molar-refractivity contribution in [2.45, 2.75) is 6.54 Å². The first-order valence-corrected chi connectivity index (χ1v) is 9.15. The topological polar surface area (TPSA) is 64.4 Å². The van der Waals surface area contributed by atoms with Crippen LogP contribution in [0.3, 0.4) is 0 Å². The quantitative estimate of drug-likeness (QED) is 0.523. The molecule has 0 bridgehead atoms. The summed E-state index contributed by atoms with van der Waals surface area (Å²) >= 11 is 0. The smallest absolute Gasteiger partial charge is 0.261 e. The summed E-state index contributed by atoms with van der Waals surface area (Å²) in [4.78, 5) is 31.0. The van der Waals surface area contributed by atoms with Crippen molar-refractivity contribution in [2.24, 2.45) is 0 Å². The van der Waals surface area contributed by atoms with Crippen molar-refractivity contribution in [1.82, 2.24) is 9.55 Å². The maximum Gasteiger partial charge on any atom is 0.261 e. The molecule has 0 saturated carbocycles. The van der Waals surface area contributed by atoms with E-state index in [0.29, 0.717) is 22.3 Å². The van der Waals surface area contributed by atoms with Crippen molar-refractivity contribution in [3.8, 4) is 11.5 Å². The van der Waals surface area contributed by atoms with Gasteiger partial charge in [0, 0.05) is 12.7 Å². The summed E-state index contributed by atoms with van der Waals surface area (Å²) < 4.78 is 7.10. The third-order valence-electron chi connectivity index (χ3n) is 4.61. The number of amides is 1. The Hall–Kier alpha value is -3.93. The Kier molecular flexibility index (Phi) is 5.07. The molecule has 0 atom stereocenters. The first-order chi connectivity index (χ1) is 14.1. The first-order valence-electron chi connectivity index (χ1n) is 9.15. The van der Waals surface area contributed by atoms with Gasteiger partial charge in [-0.15, -0.1) is 0 Å². The highest BCUT2D eigenvalue weighted by Gasteiger charge is 2.14. The van der Waals surface area contributed by atoms with Gasteiger partial charge in [0.1, 0.15) is 18.0 Å². The lowest BCUT2D eigenvalue weighted by Crippen LogP contribution is -2.34. The van der Waals surface area contributed by atoms with Crippen LogP contribution in [0.1, 0.15) is 0 Å². The van der Waals surface area contributed by atoms with E-state index in [1.54, 1.807) is 49.5 Å². The minimum atomic E-state index is -0.232. The second-order valence-electron chi connectivity index (χ2n) is 6.56. The third-order valence-corrected chi connectivity index (χ3v) is 4.61. The van der Waals surface area contributed by atoms with Gasteiger partial charge in [-0.1, -0.05) is 30.3 Å². The standard InChI is InChI=1S/C23H19N3O3/c1-25(17-11-13-19(14-12-17)29-18-7-3-2-4-8-18)22(27)15-26-16-24-21-10-6-5-9-20(21)23(26)28/h2-14,16H,15H2,1H3. The number of carbonyl (C=O) groups excluding carboxylic acids is 1. The molecule has 0 N–H and O–H groups in total. The van der Waals surface area contributed by atoms with Crippen molar-refractivity contribution in [3.63, 3.8) is 0 Å². The van der Waals surface area contributed by atoms with E-state index in [9.17, 15) is 9.59 Å². The van der Waals surface area contributed by atoms with Crippen LogP contribution >= 0.6 is 0 Å². The molecule has 4 rings (SSSR count). The second-order valence-corrected chi connectivity index (χ2v) is 6.56. The van der Waals surface area contributed by atoms with Crippen molar-refractivity contribution >= 4 is 22.5 Å². The Bertz CT molecular complexity index is 1200. The number of hydrogen-bond acceptors (Lipinski definition) is 4. The number of carbonyl (C=O) groups is 1. The van der Waals surface area contributed by atoms with E-state index in [1.807, 2.05) is 36.4 Å². The number of rotatable bonds is 5. The highest BCUT2D eigenvalue weighted by molar-refractivity contribution is 5.92. The van der Waals surface area contributed by atoms with E-state index in [4.69, 9.17) is 4.74 Å². The minimum absolute atomic E-state index is 0.0879. The molecule has 0 aliphatic carbocycles. The van der Waals surface area contributed by atoms with Gasteiger partial charge in [0.25, 0.3) is 5.56 Å². The molecule has 0 fully saturated rings. The SMILES string of the molecule is CN(C(=O)Cn1cnc2ccccc2c1=O)c1ccc(Oc2ccccc2)cc1. The number of para-hydroxylation sites is 2. The van der Waals surface area contributed by atoms with E-state index < -0.39 is 0 Å². The largest absolute Gasteiger partial charge is 0.457 e. The molecular weight excluding hydrogens is 366 g/mol. The highest BCUT2D eigenvalue weighted by Crippen LogP contribution is 2.24. The number of benzene rings is 3. The van der Waals surface area contributed by atoms with Crippen LogP contribution in [0.2, 0.25) is 0 Å². The molecule has 0 saturated heterocycles. The summed E-state index contributed by atoms with van der Waals surface area (Å²) in [5, 5.41) is 0.493. The van der Waals surface area contributed by atoms with E-state index in [0.717, 1.165) is 5.75 Å². The maximum absolute atomic E-state index is 12.7. The zero-order valence-corrected chi connectivity index (χ0v) is 15.9. The van der Waals surface area contributed by atoms with Crippen LogP contribution in [0.15, 0.2) is 90.0 Å². The van der Waals surface area contributed by atoms with E-state index in [2.05, 4.69) is 4.98 Å². The van der Waals surface area contributed by atoms with Gasteiger partial charge >= 0.3 is 0 Å². The fourth-order valence-corrected chi connectivity index (χ4v) is 2.98. The number of ether oxygens (including phenoxy) is 1. The predicted octanol–water partition coefficient (Wildman–Crippen LogP) is 3.85. The van der Waals surface area contributed by atoms with Crippen LogP contribution in [-0.2, 0) is 11.3 Å². The molecular formula is C23H19N3O3. The van der Waals surface area contributed by atoms with Crippen molar-refractivity contribution in [2.75, 3.05) is 11.9 Å². The fraction of sp³-hybridized carbons (Fsp3) is 0.0870. The Morgan fingerprint density at radius 2 is 1.59 bits per heavy atom. The van der Waals surface area contributed by atoms with Gasteiger partial charge in [-0.2, -0.15) is 0 Å². The first kappa shape index (κ1) is 18.4.